The Balaban J connectivity index is 1.99. The first-order chi connectivity index (χ1) is 9.24. The molecule has 0 atom stereocenters. The van der Waals surface area contributed by atoms with Crippen LogP contribution in [-0.2, 0) is 6.54 Å². The summed E-state index contributed by atoms with van der Waals surface area (Å²) < 4.78 is 2.93. The maximum Gasteiger partial charge on any atom is 0.179 e. The van der Waals surface area contributed by atoms with E-state index in [-0.39, 0.29) is 0 Å². The molecule has 0 aliphatic heterocycles. The Morgan fingerprint density at radius 2 is 1.95 bits per heavy atom. The van der Waals surface area contributed by atoms with Crippen molar-refractivity contribution >= 4 is 23.4 Å². The summed E-state index contributed by atoms with van der Waals surface area (Å²) in [7, 11) is 0. The normalized spacial score (nSPS) is 11.3. The summed E-state index contributed by atoms with van der Waals surface area (Å²) in [5.74, 6) is 0. The SMILES string of the molecule is CCCCCCCCn1c(=S)[nH]c2c(C)ccnc21. The number of nitrogens with zero attached hydrogens (tertiary/aromatic N) is 2. The molecule has 2 aromatic rings. The van der Waals surface area contributed by atoms with Gasteiger partial charge in [-0.3, -0.25) is 0 Å². The molecular weight excluding hydrogens is 254 g/mol. The van der Waals surface area contributed by atoms with Gasteiger partial charge in [0, 0.05) is 12.7 Å². The third-order valence-corrected chi connectivity index (χ3v) is 3.93. The van der Waals surface area contributed by atoms with Gasteiger partial charge in [-0.15, -0.1) is 0 Å². The second-order valence-electron chi connectivity index (χ2n) is 5.18. The molecule has 0 spiro atoms. The highest BCUT2D eigenvalue weighted by Gasteiger charge is 2.06. The molecule has 0 aliphatic carbocycles. The first-order valence-electron chi connectivity index (χ1n) is 7.28. The molecule has 0 radical (unpaired) electrons. The molecule has 0 saturated carbocycles. The van der Waals surface area contributed by atoms with Gasteiger partial charge < -0.3 is 9.55 Å². The summed E-state index contributed by atoms with van der Waals surface area (Å²) >= 11 is 5.40. The number of aromatic amines is 1. The number of pyridine rings is 1. The fourth-order valence-corrected chi connectivity index (χ4v) is 2.71. The van der Waals surface area contributed by atoms with Crippen LogP contribution < -0.4 is 0 Å². The lowest BCUT2D eigenvalue weighted by Crippen LogP contribution is -1.99. The van der Waals surface area contributed by atoms with Crippen molar-refractivity contribution < 1.29 is 0 Å². The average Bonchev–Trinajstić information content (AvgIpc) is 2.72. The zero-order valence-corrected chi connectivity index (χ0v) is 12.7. The predicted molar refractivity (Wildman–Crippen MR) is 83.0 cm³/mol. The van der Waals surface area contributed by atoms with Crippen LogP contribution in [-0.4, -0.2) is 14.5 Å². The van der Waals surface area contributed by atoms with Crippen LogP contribution in [0.25, 0.3) is 11.2 Å². The second kappa shape index (κ2) is 6.85. The van der Waals surface area contributed by atoms with E-state index < -0.39 is 0 Å². The van der Waals surface area contributed by atoms with Crippen LogP contribution in [0.1, 0.15) is 51.0 Å². The molecule has 0 bridgehead atoms. The Labute approximate surface area is 120 Å². The van der Waals surface area contributed by atoms with Crippen LogP contribution >= 0.6 is 12.2 Å². The molecule has 19 heavy (non-hydrogen) atoms. The number of rotatable bonds is 7. The summed E-state index contributed by atoms with van der Waals surface area (Å²) in [4.78, 5) is 7.73. The minimum absolute atomic E-state index is 0.797. The van der Waals surface area contributed by atoms with Crippen molar-refractivity contribution in [1.82, 2.24) is 14.5 Å². The Hall–Kier alpha value is -1.16. The van der Waals surface area contributed by atoms with E-state index in [1.807, 2.05) is 12.3 Å². The topological polar surface area (TPSA) is 33.6 Å². The number of aryl methyl sites for hydroxylation is 2. The standard InChI is InChI=1S/C15H23N3S/c1-3-4-5-6-7-8-11-18-14-13(17-15(18)19)12(2)9-10-16-14/h9-10H,3-8,11H2,1-2H3,(H,17,19). The third-order valence-electron chi connectivity index (χ3n) is 3.61. The van der Waals surface area contributed by atoms with Gasteiger partial charge in [-0.05, 0) is 37.2 Å². The van der Waals surface area contributed by atoms with Crippen LogP contribution in [0.15, 0.2) is 12.3 Å². The summed E-state index contributed by atoms with van der Waals surface area (Å²) in [6.45, 7) is 5.31. The van der Waals surface area contributed by atoms with Crippen LogP contribution in [0.2, 0.25) is 0 Å². The molecule has 0 amide bonds. The fourth-order valence-electron chi connectivity index (χ4n) is 2.43. The largest absolute Gasteiger partial charge is 0.329 e. The molecule has 2 aromatic heterocycles. The van der Waals surface area contributed by atoms with Gasteiger partial charge in [0.25, 0.3) is 0 Å². The highest BCUT2D eigenvalue weighted by Crippen LogP contribution is 2.16. The van der Waals surface area contributed by atoms with Gasteiger partial charge in [0.1, 0.15) is 0 Å². The molecular formula is C15H23N3S. The summed E-state index contributed by atoms with van der Waals surface area (Å²) in [5, 5.41) is 0. The molecule has 2 heterocycles. The van der Waals surface area contributed by atoms with Gasteiger partial charge in [-0.2, -0.15) is 0 Å². The van der Waals surface area contributed by atoms with Gasteiger partial charge in [-0.1, -0.05) is 39.0 Å². The van der Waals surface area contributed by atoms with Gasteiger partial charge in [0.15, 0.2) is 10.4 Å². The maximum absolute atomic E-state index is 5.40. The minimum atomic E-state index is 0.797. The van der Waals surface area contributed by atoms with E-state index in [0.717, 1.165) is 22.5 Å². The molecule has 1 N–H and O–H groups in total. The third kappa shape index (κ3) is 3.44. The molecule has 0 aromatic carbocycles. The quantitative estimate of drug-likeness (QED) is 0.584. The van der Waals surface area contributed by atoms with E-state index in [2.05, 4.69) is 28.4 Å². The van der Waals surface area contributed by atoms with Crippen molar-refractivity contribution in [3.8, 4) is 0 Å². The molecule has 0 saturated heterocycles. The van der Waals surface area contributed by atoms with E-state index >= 15 is 0 Å². The lowest BCUT2D eigenvalue weighted by molar-refractivity contribution is 0.560. The number of aromatic nitrogens is 3. The van der Waals surface area contributed by atoms with Crippen molar-refractivity contribution in [2.24, 2.45) is 0 Å². The average molecular weight is 277 g/mol. The first kappa shape index (κ1) is 14.3. The molecule has 4 heteroatoms. The van der Waals surface area contributed by atoms with Crippen molar-refractivity contribution in [1.29, 1.82) is 0 Å². The number of hydrogen-bond donors (Lipinski definition) is 1. The Morgan fingerprint density at radius 3 is 2.74 bits per heavy atom. The van der Waals surface area contributed by atoms with E-state index in [0.29, 0.717) is 0 Å². The summed E-state index contributed by atoms with van der Waals surface area (Å²) in [6, 6.07) is 2.02. The van der Waals surface area contributed by atoms with Crippen LogP contribution in [0.5, 0.6) is 0 Å². The van der Waals surface area contributed by atoms with Crippen molar-refractivity contribution in [2.75, 3.05) is 0 Å². The van der Waals surface area contributed by atoms with Gasteiger partial charge in [0.05, 0.1) is 5.52 Å². The van der Waals surface area contributed by atoms with E-state index in [1.165, 1.54) is 44.1 Å². The number of imidazole rings is 1. The second-order valence-corrected chi connectivity index (χ2v) is 5.56. The maximum atomic E-state index is 5.40. The van der Waals surface area contributed by atoms with Gasteiger partial charge in [-0.25, -0.2) is 4.98 Å². The molecule has 0 fully saturated rings. The van der Waals surface area contributed by atoms with Crippen molar-refractivity contribution in [3.63, 3.8) is 0 Å². The number of fused-ring (bicyclic) bond motifs is 1. The lowest BCUT2D eigenvalue weighted by Gasteiger charge is -2.04. The molecule has 3 nitrogen and oxygen atoms in total. The molecule has 0 aliphatic rings. The fraction of sp³-hybridized carbons (Fsp3) is 0.600. The lowest BCUT2D eigenvalue weighted by atomic mass is 10.1. The highest BCUT2D eigenvalue weighted by atomic mass is 32.1. The number of unbranched alkanes of at least 4 members (excludes halogenated alkanes) is 5. The minimum Gasteiger partial charge on any atom is -0.329 e. The zero-order valence-electron chi connectivity index (χ0n) is 11.9. The number of nitrogens with one attached hydrogen (secondary N) is 1. The summed E-state index contributed by atoms with van der Waals surface area (Å²) in [5.41, 5.74) is 3.29. The van der Waals surface area contributed by atoms with Gasteiger partial charge >= 0.3 is 0 Å². The molecule has 2 rings (SSSR count). The van der Waals surface area contributed by atoms with Crippen molar-refractivity contribution in [2.45, 2.75) is 58.9 Å². The number of H-pyrrole nitrogens is 1. The number of hydrogen-bond acceptors (Lipinski definition) is 2. The zero-order chi connectivity index (χ0) is 13.7. The molecule has 104 valence electrons. The van der Waals surface area contributed by atoms with Gasteiger partial charge in [0.2, 0.25) is 0 Å². The van der Waals surface area contributed by atoms with Crippen LogP contribution in [0.4, 0.5) is 0 Å². The van der Waals surface area contributed by atoms with Crippen molar-refractivity contribution in [3.05, 3.63) is 22.6 Å². The highest BCUT2D eigenvalue weighted by molar-refractivity contribution is 7.71. The summed E-state index contributed by atoms with van der Waals surface area (Å²) in [6.07, 6.45) is 9.66. The predicted octanol–water partition coefficient (Wildman–Crippen LogP) is 4.76. The Kier molecular flexibility index (Phi) is 5.14. The monoisotopic (exact) mass is 277 g/mol. The van der Waals surface area contributed by atoms with E-state index in [1.54, 1.807) is 0 Å². The Bertz CT molecular complexity index is 583. The van der Waals surface area contributed by atoms with E-state index in [4.69, 9.17) is 12.2 Å². The van der Waals surface area contributed by atoms with Crippen LogP contribution in [0, 0.1) is 11.7 Å². The smallest absolute Gasteiger partial charge is 0.179 e. The molecule has 0 unspecified atom stereocenters. The van der Waals surface area contributed by atoms with E-state index in [9.17, 15) is 0 Å². The van der Waals surface area contributed by atoms with Crippen LogP contribution in [0.3, 0.4) is 0 Å². The first-order valence-corrected chi connectivity index (χ1v) is 7.69. The Morgan fingerprint density at radius 1 is 1.21 bits per heavy atom.